The number of nitrogens with one attached hydrogen (secondary N) is 1. The number of hydrogen-bond acceptors (Lipinski definition) is 3. The number of halogens is 1. The van der Waals surface area contributed by atoms with Crippen LogP contribution in [-0.4, -0.2) is 50.7 Å². The predicted octanol–water partition coefficient (Wildman–Crippen LogP) is 1.71. The number of amides is 1. The Morgan fingerprint density at radius 3 is 2.83 bits per heavy atom. The lowest BCUT2D eigenvalue weighted by atomic mass is 10.1. The zero-order chi connectivity index (χ0) is 20.2. The highest BCUT2D eigenvalue weighted by molar-refractivity contribution is 5.91. The number of benzene rings is 2. The first kappa shape index (κ1) is 19.5. The first-order chi connectivity index (χ1) is 14.1. The number of carbonyl (C=O) groups excluding carboxylic acids is 1. The summed E-state index contributed by atoms with van der Waals surface area (Å²) in [6, 6.07) is 11.1. The van der Waals surface area contributed by atoms with Crippen LogP contribution in [0.1, 0.15) is 16.7 Å². The highest BCUT2D eigenvalue weighted by atomic mass is 19.1. The quantitative estimate of drug-likeness (QED) is 0.782. The Morgan fingerprint density at radius 2 is 2.07 bits per heavy atom. The highest BCUT2D eigenvalue weighted by Crippen LogP contribution is 2.25. The molecule has 0 saturated carbocycles. The lowest BCUT2D eigenvalue weighted by Crippen LogP contribution is -3.13. The van der Waals surface area contributed by atoms with Gasteiger partial charge in [-0.3, -0.25) is 4.79 Å². The van der Waals surface area contributed by atoms with Crippen molar-refractivity contribution < 1.29 is 23.6 Å². The van der Waals surface area contributed by atoms with E-state index in [4.69, 9.17) is 9.47 Å². The van der Waals surface area contributed by atoms with Crippen LogP contribution in [0.5, 0.6) is 11.5 Å². The Hall–Kier alpha value is -2.86. The van der Waals surface area contributed by atoms with E-state index in [0.717, 1.165) is 51.5 Å². The molecular formula is C23H26FN2O3+. The third-order valence-corrected chi connectivity index (χ3v) is 5.58. The maximum Gasteiger partial charge on any atom is 0.246 e. The zero-order valence-electron chi connectivity index (χ0n) is 16.6. The van der Waals surface area contributed by atoms with E-state index in [1.807, 2.05) is 4.90 Å². The summed E-state index contributed by atoms with van der Waals surface area (Å²) in [6.07, 6.45) is 4.16. The minimum atomic E-state index is -0.433. The fraction of sp³-hybridized carbons (Fsp3) is 0.348. The van der Waals surface area contributed by atoms with Crippen molar-refractivity contribution in [2.45, 2.75) is 13.0 Å². The Bertz CT molecular complexity index is 920. The second kappa shape index (κ2) is 8.66. The Morgan fingerprint density at radius 1 is 1.24 bits per heavy atom. The molecule has 0 unspecified atom stereocenters. The van der Waals surface area contributed by atoms with Crippen LogP contribution in [0.4, 0.5) is 4.39 Å². The van der Waals surface area contributed by atoms with Crippen molar-refractivity contribution >= 4 is 12.0 Å². The van der Waals surface area contributed by atoms with Crippen LogP contribution >= 0.6 is 0 Å². The van der Waals surface area contributed by atoms with Gasteiger partial charge >= 0.3 is 0 Å². The van der Waals surface area contributed by atoms with Gasteiger partial charge in [-0.25, -0.2) is 4.39 Å². The summed E-state index contributed by atoms with van der Waals surface area (Å²) in [5.74, 6) is 0.749. The zero-order valence-corrected chi connectivity index (χ0v) is 16.6. The molecule has 1 N–H and O–H groups in total. The predicted molar refractivity (Wildman–Crippen MR) is 109 cm³/mol. The van der Waals surface area contributed by atoms with Gasteiger partial charge in [0, 0.05) is 18.1 Å². The van der Waals surface area contributed by atoms with Gasteiger partial charge in [-0.2, -0.15) is 0 Å². The summed E-state index contributed by atoms with van der Waals surface area (Å²) in [5.41, 5.74) is 3.27. The van der Waals surface area contributed by atoms with Crippen LogP contribution in [0.15, 0.2) is 42.5 Å². The summed E-state index contributed by atoms with van der Waals surface area (Å²) in [7, 11) is 1.43. The van der Waals surface area contributed by atoms with E-state index in [1.165, 1.54) is 35.3 Å². The van der Waals surface area contributed by atoms with Gasteiger partial charge in [-0.15, -0.1) is 0 Å². The molecule has 0 aromatic heterocycles. The molecule has 1 saturated heterocycles. The molecule has 29 heavy (non-hydrogen) atoms. The third kappa shape index (κ3) is 4.59. The van der Waals surface area contributed by atoms with Gasteiger partial charge in [0.1, 0.15) is 12.3 Å². The third-order valence-electron chi connectivity index (χ3n) is 5.58. The van der Waals surface area contributed by atoms with Gasteiger partial charge in [0.05, 0.1) is 39.9 Å². The minimum absolute atomic E-state index is 0.0324. The summed E-state index contributed by atoms with van der Waals surface area (Å²) in [5, 5.41) is 0. The molecule has 1 fully saturated rings. The largest absolute Gasteiger partial charge is 0.494 e. The summed E-state index contributed by atoms with van der Waals surface area (Å²) in [6.45, 7) is 5.04. The van der Waals surface area contributed by atoms with E-state index < -0.39 is 5.82 Å². The Kier molecular flexibility index (Phi) is 5.81. The Balaban J connectivity index is 1.28. The van der Waals surface area contributed by atoms with Crippen molar-refractivity contribution in [3.05, 3.63) is 65.0 Å². The van der Waals surface area contributed by atoms with Gasteiger partial charge in [-0.1, -0.05) is 6.07 Å². The van der Waals surface area contributed by atoms with Gasteiger partial charge in [0.2, 0.25) is 5.91 Å². The molecule has 2 aromatic rings. The molecule has 152 valence electrons. The lowest BCUT2D eigenvalue weighted by molar-refractivity contribution is -0.917. The first-order valence-electron chi connectivity index (χ1n) is 10.0. The van der Waals surface area contributed by atoms with Crippen LogP contribution in [0.3, 0.4) is 0 Å². The smallest absolute Gasteiger partial charge is 0.246 e. The van der Waals surface area contributed by atoms with Gasteiger partial charge in [-0.05, 0) is 47.5 Å². The molecule has 0 radical (unpaired) electrons. The average molecular weight is 397 g/mol. The van der Waals surface area contributed by atoms with Crippen LogP contribution in [0.25, 0.3) is 6.08 Å². The molecule has 4 rings (SSSR count). The molecule has 0 spiro atoms. The molecule has 2 aliphatic rings. The first-order valence-corrected chi connectivity index (χ1v) is 10.0. The number of methoxy groups -OCH3 is 1. The van der Waals surface area contributed by atoms with Crippen molar-refractivity contribution in [1.29, 1.82) is 0 Å². The van der Waals surface area contributed by atoms with Gasteiger partial charge in [0.15, 0.2) is 11.6 Å². The topological polar surface area (TPSA) is 43.2 Å². The van der Waals surface area contributed by atoms with Crippen molar-refractivity contribution in [3.63, 3.8) is 0 Å². The fourth-order valence-corrected chi connectivity index (χ4v) is 3.92. The van der Waals surface area contributed by atoms with E-state index in [0.29, 0.717) is 5.56 Å². The Labute approximate surface area is 170 Å². The van der Waals surface area contributed by atoms with Crippen molar-refractivity contribution in [2.75, 3.05) is 39.9 Å². The molecule has 2 aliphatic heterocycles. The average Bonchev–Trinajstić information content (AvgIpc) is 3.20. The maximum absolute atomic E-state index is 13.8. The van der Waals surface area contributed by atoms with Crippen LogP contribution in [-0.2, 0) is 17.8 Å². The molecule has 0 bridgehead atoms. The number of carbonyl (C=O) groups is 1. The second-order valence-electron chi connectivity index (χ2n) is 7.52. The van der Waals surface area contributed by atoms with Crippen molar-refractivity contribution in [3.8, 4) is 11.5 Å². The number of ether oxygens (including phenoxy) is 2. The van der Waals surface area contributed by atoms with E-state index in [-0.39, 0.29) is 11.7 Å². The number of piperazine rings is 1. The number of hydrogen-bond donors (Lipinski definition) is 1. The molecule has 1 amide bonds. The summed E-state index contributed by atoms with van der Waals surface area (Å²) < 4.78 is 24.2. The number of quaternary nitrogens is 1. The number of nitrogens with zero attached hydrogens (tertiary/aromatic N) is 1. The normalized spacial score (nSPS) is 16.7. The van der Waals surface area contributed by atoms with Crippen molar-refractivity contribution in [2.24, 2.45) is 0 Å². The molecule has 6 heteroatoms. The van der Waals surface area contributed by atoms with Gasteiger partial charge in [0.25, 0.3) is 0 Å². The minimum Gasteiger partial charge on any atom is -0.494 e. The molecule has 2 aromatic carbocycles. The second-order valence-corrected chi connectivity index (χ2v) is 7.52. The summed E-state index contributed by atoms with van der Waals surface area (Å²) in [4.78, 5) is 15.8. The molecular weight excluding hydrogens is 371 g/mol. The van der Waals surface area contributed by atoms with E-state index in [9.17, 15) is 9.18 Å². The standard InChI is InChI=1S/C23H25FN2O3/c1-28-22-6-2-17(15-20(22)24)4-7-23(27)26-11-9-25(10-12-26)16-18-3-5-21-19(14-18)8-13-29-21/h2-7,14-15H,8-13,16H2,1H3/p+1/b7-4+. The van der Waals surface area contributed by atoms with Crippen LogP contribution in [0, 0.1) is 5.82 Å². The molecule has 0 atom stereocenters. The monoisotopic (exact) mass is 397 g/mol. The molecule has 5 nitrogen and oxygen atoms in total. The summed E-state index contributed by atoms with van der Waals surface area (Å²) >= 11 is 0. The fourth-order valence-electron chi connectivity index (χ4n) is 3.92. The van der Waals surface area contributed by atoms with Crippen molar-refractivity contribution in [1.82, 2.24) is 4.90 Å². The number of rotatable bonds is 5. The van der Waals surface area contributed by atoms with E-state index in [2.05, 4.69) is 18.2 Å². The maximum atomic E-state index is 13.8. The molecule has 0 aliphatic carbocycles. The van der Waals surface area contributed by atoms with Crippen LogP contribution < -0.4 is 14.4 Å². The molecule has 2 heterocycles. The van der Waals surface area contributed by atoms with E-state index >= 15 is 0 Å². The highest BCUT2D eigenvalue weighted by Gasteiger charge is 2.23. The van der Waals surface area contributed by atoms with E-state index in [1.54, 1.807) is 18.2 Å². The van der Waals surface area contributed by atoms with Gasteiger partial charge < -0.3 is 19.3 Å². The number of fused-ring (bicyclic) bond motifs is 1. The van der Waals surface area contributed by atoms with Crippen LogP contribution in [0.2, 0.25) is 0 Å². The SMILES string of the molecule is COc1ccc(/C=C/C(=O)N2CC[NH+](Cc3ccc4c(c3)CCO4)CC2)cc1F. The lowest BCUT2D eigenvalue weighted by Gasteiger charge is -2.31.